The van der Waals surface area contributed by atoms with Crippen molar-refractivity contribution in [2.75, 3.05) is 6.67 Å². The van der Waals surface area contributed by atoms with E-state index >= 15 is 0 Å². The maximum absolute atomic E-state index is 12.0. The van der Waals surface area contributed by atoms with Crippen LogP contribution in [0.4, 0.5) is 10.1 Å². The normalized spacial score (nSPS) is 17.6. The molecule has 0 radical (unpaired) electrons. The van der Waals surface area contributed by atoms with Crippen LogP contribution in [0, 0.1) is 10.1 Å². The lowest BCUT2D eigenvalue weighted by Gasteiger charge is -2.09. The van der Waals surface area contributed by atoms with Gasteiger partial charge in [0.25, 0.3) is 11.6 Å². The highest BCUT2D eigenvalue weighted by Gasteiger charge is 2.24. The first-order chi connectivity index (χ1) is 8.10. The largest absolute Gasteiger partial charge is 0.350 e. The van der Waals surface area contributed by atoms with E-state index < -0.39 is 17.5 Å². The van der Waals surface area contributed by atoms with Gasteiger partial charge < -0.3 is 5.32 Å². The molecule has 1 unspecified atom stereocenters. The van der Waals surface area contributed by atoms with Gasteiger partial charge in [0.2, 0.25) is 0 Å². The summed E-state index contributed by atoms with van der Waals surface area (Å²) >= 11 is 0. The first-order valence-corrected chi connectivity index (χ1v) is 5.21. The van der Waals surface area contributed by atoms with Crippen molar-refractivity contribution in [3.05, 3.63) is 39.4 Å². The van der Waals surface area contributed by atoms with Crippen LogP contribution in [0.5, 0.6) is 0 Å². The Labute approximate surface area is 96.8 Å². The van der Waals surface area contributed by atoms with Gasteiger partial charge in [-0.1, -0.05) is 6.07 Å². The van der Waals surface area contributed by atoms with Crippen molar-refractivity contribution < 1.29 is 14.1 Å². The molecule has 1 aliphatic rings. The number of nitro groups is 1. The van der Waals surface area contributed by atoms with E-state index in [-0.39, 0.29) is 11.7 Å². The number of carbonyl (C=O) groups is 1. The second-order valence-electron chi connectivity index (χ2n) is 4.02. The molecule has 0 aromatic heterocycles. The average molecular weight is 238 g/mol. The highest BCUT2D eigenvalue weighted by Crippen LogP contribution is 2.26. The Morgan fingerprint density at radius 3 is 2.82 bits per heavy atom. The zero-order chi connectivity index (χ0) is 12.4. The number of alkyl halides is 1. The number of fused-ring (bicyclic) bond motifs is 1. The average Bonchev–Trinajstić information content (AvgIpc) is 2.69. The van der Waals surface area contributed by atoms with Crippen molar-refractivity contribution in [1.29, 1.82) is 0 Å². The van der Waals surface area contributed by atoms with E-state index in [0.29, 0.717) is 12.8 Å². The number of hydrogen-bond acceptors (Lipinski definition) is 3. The van der Waals surface area contributed by atoms with E-state index in [0.717, 1.165) is 11.1 Å². The molecule has 0 heterocycles. The van der Waals surface area contributed by atoms with Crippen LogP contribution in [0.25, 0.3) is 0 Å². The minimum absolute atomic E-state index is 0.0428. The summed E-state index contributed by atoms with van der Waals surface area (Å²) in [6.07, 6.45) is 1.11. The Morgan fingerprint density at radius 1 is 1.47 bits per heavy atom. The van der Waals surface area contributed by atoms with E-state index in [1.54, 1.807) is 6.07 Å². The molecule has 2 rings (SSSR count). The topological polar surface area (TPSA) is 72.2 Å². The fourth-order valence-electron chi connectivity index (χ4n) is 2.09. The minimum atomic E-state index is -1.03. The van der Waals surface area contributed by atoms with Gasteiger partial charge in [0.1, 0.15) is 0 Å². The zero-order valence-corrected chi connectivity index (χ0v) is 8.98. The molecule has 0 saturated carbocycles. The van der Waals surface area contributed by atoms with Gasteiger partial charge in [-0.15, -0.1) is 0 Å². The lowest BCUT2D eigenvalue weighted by Crippen LogP contribution is -2.36. The Kier molecular flexibility index (Phi) is 3.03. The van der Waals surface area contributed by atoms with Crippen LogP contribution in [0.2, 0.25) is 0 Å². The highest BCUT2D eigenvalue weighted by atomic mass is 19.1. The van der Waals surface area contributed by atoms with Crippen LogP contribution in [0.1, 0.15) is 11.1 Å². The van der Waals surface area contributed by atoms with E-state index in [1.807, 2.05) is 0 Å². The zero-order valence-electron chi connectivity index (χ0n) is 8.98. The molecular weight excluding hydrogens is 227 g/mol. The summed E-state index contributed by atoms with van der Waals surface area (Å²) in [5, 5.41) is 13.1. The third-order valence-electron chi connectivity index (χ3n) is 2.82. The highest BCUT2D eigenvalue weighted by molar-refractivity contribution is 5.77. The van der Waals surface area contributed by atoms with Crippen molar-refractivity contribution in [1.82, 2.24) is 5.32 Å². The Morgan fingerprint density at radius 2 is 2.18 bits per heavy atom. The lowest BCUT2D eigenvalue weighted by atomic mass is 10.1. The third-order valence-corrected chi connectivity index (χ3v) is 2.82. The smallest absolute Gasteiger partial charge is 0.269 e. The monoisotopic (exact) mass is 238 g/mol. The molecule has 0 spiro atoms. The Balaban J connectivity index is 2.11. The lowest BCUT2D eigenvalue weighted by molar-refractivity contribution is -0.384. The van der Waals surface area contributed by atoms with Crippen LogP contribution < -0.4 is 5.32 Å². The predicted molar refractivity (Wildman–Crippen MR) is 58.4 cm³/mol. The number of amides is 1. The van der Waals surface area contributed by atoms with E-state index in [9.17, 15) is 19.3 Å². The van der Waals surface area contributed by atoms with Gasteiger partial charge in [0.15, 0.2) is 6.67 Å². The van der Waals surface area contributed by atoms with Crippen LogP contribution >= 0.6 is 0 Å². The summed E-state index contributed by atoms with van der Waals surface area (Å²) in [6, 6.07) is 4.49. The van der Waals surface area contributed by atoms with E-state index in [2.05, 4.69) is 5.32 Å². The standard InChI is InChI=1S/C11H11FN2O3/c12-6-11(15)13-9-3-7-1-2-10(14(16)17)5-8(7)4-9/h1-2,5,9H,3-4,6H2,(H,13,15). The summed E-state index contributed by atoms with van der Waals surface area (Å²) < 4.78 is 12.0. The number of hydrogen-bond donors (Lipinski definition) is 1. The van der Waals surface area contributed by atoms with Gasteiger partial charge in [0.05, 0.1) is 4.92 Å². The molecule has 1 aromatic rings. The number of benzene rings is 1. The molecule has 1 atom stereocenters. The molecule has 1 aromatic carbocycles. The number of non-ortho nitro benzene ring substituents is 1. The first-order valence-electron chi connectivity index (χ1n) is 5.21. The number of halogens is 1. The number of nitrogens with one attached hydrogen (secondary N) is 1. The summed E-state index contributed by atoms with van der Waals surface area (Å²) in [4.78, 5) is 21.0. The van der Waals surface area contributed by atoms with E-state index in [1.165, 1.54) is 12.1 Å². The van der Waals surface area contributed by atoms with E-state index in [4.69, 9.17) is 0 Å². The maximum Gasteiger partial charge on any atom is 0.269 e. The van der Waals surface area contributed by atoms with Crippen molar-refractivity contribution in [2.45, 2.75) is 18.9 Å². The minimum Gasteiger partial charge on any atom is -0.350 e. The Hall–Kier alpha value is -1.98. The van der Waals surface area contributed by atoms with Crippen molar-refractivity contribution in [3.63, 3.8) is 0 Å². The maximum atomic E-state index is 12.0. The van der Waals surface area contributed by atoms with Crippen LogP contribution in [0.3, 0.4) is 0 Å². The molecule has 0 fully saturated rings. The fraction of sp³-hybridized carbons (Fsp3) is 0.364. The molecule has 17 heavy (non-hydrogen) atoms. The summed E-state index contributed by atoms with van der Waals surface area (Å²) in [7, 11) is 0. The number of rotatable bonds is 3. The predicted octanol–water partition coefficient (Wildman–Crippen LogP) is 1.15. The van der Waals surface area contributed by atoms with Crippen molar-refractivity contribution >= 4 is 11.6 Å². The molecule has 1 amide bonds. The quantitative estimate of drug-likeness (QED) is 0.634. The van der Waals surface area contributed by atoms with Crippen LogP contribution in [-0.4, -0.2) is 23.5 Å². The molecule has 90 valence electrons. The van der Waals surface area contributed by atoms with Gasteiger partial charge in [-0.05, 0) is 24.0 Å². The van der Waals surface area contributed by atoms with Gasteiger partial charge in [-0.2, -0.15) is 0 Å². The number of carbonyl (C=O) groups excluding carboxylic acids is 1. The van der Waals surface area contributed by atoms with Crippen molar-refractivity contribution in [3.8, 4) is 0 Å². The Bertz CT molecular complexity index is 476. The van der Waals surface area contributed by atoms with Gasteiger partial charge in [-0.3, -0.25) is 14.9 Å². The number of nitro benzene ring substituents is 1. The molecule has 0 aliphatic heterocycles. The van der Waals surface area contributed by atoms with Gasteiger partial charge in [0, 0.05) is 18.2 Å². The van der Waals surface area contributed by atoms with Gasteiger partial charge in [-0.25, -0.2) is 4.39 Å². The molecule has 6 heteroatoms. The molecule has 5 nitrogen and oxygen atoms in total. The summed E-state index contributed by atoms with van der Waals surface area (Å²) in [5.41, 5.74) is 1.87. The molecular formula is C11H11FN2O3. The molecule has 1 aliphatic carbocycles. The summed E-state index contributed by atoms with van der Waals surface area (Å²) in [6.45, 7) is -1.03. The summed E-state index contributed by atoms with van der Waals surface area (Å²) in [5.74, 6) is -0.641. The van der Waals surface area contributed by atoms with Gasteiger partial charge >= 0.3 is 0 Å². The second-order valence-corrected chi connectivity index (χ2v) is 4.02. The fourth-order valence-corrected chi connectivity index (χ4v) is 2.09. The molecule has 0 bridgehead atoms. The second kappa shape index (κ2) is 4.48. The van der Waals surface area contributed by atoms with Crippen LogP contribution in [0.15, 0.2) is 18.2 Å². The van der Waals surface area contributed by atoms with Crippen molar-refractivity contribution in [2.24, 2.45) is 0 Å². The number of nitrogens with zero attached hydrogens (tertiary/aromatic N) is 1. The SMILES string of the molecule is O=C(CF)NC1Cc2ccc([N+](=O)[O-])cc2C1. The first kappa shape index (κ1) is 11.5. The molecule has 0 saturated heterocycles. The van der Waals surface area contributed by atoms with Crippen LogP contribution in [-0.2, 0) is 17.6 Å². The third kappa shape index (κ3) is 2.41. The molecule has 1 N–H and O–H groups in total.